The number of rotatable bonds is 7. The average molecular weight is 438 g/mol. The molecular weight excluding hydrogens is 402 g/mol. The normalized spacial score (nSPS) is 29.7. The fraction of sp³-hybridized carbons (Fsp3) is 0.696. The lowest BCUT2D eigenvalue weighted by Crippen LogP contribution is -2.61. The van der Waals surface area contributed by atoms with E-state index in [4.69, 9.17) is 14.2 Å². The number of nitrogens with zero attached hydrogens (tertiary/aromatic N) is 1. The number of hydrogen-bond donors (Lipinski definition) is 3. The van der Waals surface area contributed by atoms with Crippen LogP contribution in [0.15, 0.2) is 18.2 Å². The molecule has 2 aliphatic heterocycles. The molecule has 0 radical (unpaired) electrons. The predicted molar refractivity (Wildman–Crippen MR) is 114 cm³/mol. The maximum absolute atomic E-state index is 11.9. The zero-order chi connectivity index (χ0) is 22.5. The van der Waals surface area contributed by atoms with Crippen molar-refractivity contribution < 1.29 is 34.3 Å². The molecule has 2 heterocycles. The molecule has 1 aromatic carbocycles. The number of methoxy groups -OCH3 is 1. The summed E-state index contributed by atoms with van der Waals surface area (Å²) >= 11 is 0. The molecule has 0 saturated carbocycles. The lowest BCUT2D eigenvalue weighted by Gasteiger charge is -2.42. The van der Waals surface area contributed by atoms with Gasteiger partial charge in [0.15, 0.2) is 0 Å². The Labute approximate surface area is 183 Å². The molecule has 31 heavy (non-hydrogen) atoms. The fourth-order valence-corrected chi connectivity index (χ4v) is 4.22. The van der Waals surface area contributed by atoms with Crippen LogP contribution >= 0.6 is 0 Å². The highest BCUT2D eigenvalue weighted by Crippen LogP contribution is 2.29. The van der Waals surface area contributed by atoms with Crippen molar-refractivity contribution in [2.75, 3.05) is 26.7 Å². The van der Waals surface area contributed by atoms with E-state index in [1.54, 1.807) is 18.2 Å². The van der Waals surface area contributed by atoms with Crippen LogP contribution in [0.5, 0.6) is 5.75 Å². The highest BCUT2D eigenvalue weighted by molar-refractivity contribution is 5.89. The topological polar surface area (TPSA) is 109 Å². The SMILES string of the molecule is COC(=O)c1ccc(O[C@H]2O[C@H](CN3CCCCC3)[C@@H](O)[C@H](O)[C@@H]2O)c(CC(C)C)c1. The second-order valence-electron chi connectivity index (χ2n) is 8.91. The van der Waals surface area contributed by atoms with E-state index in [1.165, 1.54) is 13.5 Å². The molecular formula is C23H35NO7. The predicted octanol–water partition coefficient (Wildman–Crippen LogP) is 1.34. The Morgan fingerprint density at radius 1 is 1.13 bits per heavy atom. The van der Waals surface area contributed by atoms with E-state index in [0.29, 0.717) is 30.2 Å². The molecule has 0 spiro atoms. The highest BCUT2D eigenvalue weighted by Gasteiger charge is 2.45. The minimum atomic E-state index is -1.40. The quantitative estimate of drug-likeness (QED) is 0.549. The van der Waals surface area contributed by atoms with Crippen LogP contribution in [0.4, 0.5) is 0 Å². The Kier molecular flexibility index (Phi) is 8.30. The van der Waals surface area contributed by atoms with E-state index in [-0.39, 0.29) is 0 Å². The van der Waals surface area contributed by atoms with Gasteiger partial charge in [0, 0.05) is 6.54 Å². The molecule has 2 fully saturated rings. The Morgan fingerprint density at radius 3 is 2.48 bits per heavy atom. The molecule has 0 amide bonds. The monoisotopic (exact) mass is 437 g/mol. The molecule has 3 N–H and O–H groups in total. The molecule has 0 unspecified atom stereocenters. The Hall–Kier alpha value is -1.71. The Morgan fingerprint density at radius 2 is 1.84 bits per heavy atom. The number of benzene rings is 1. The third-order valence-corrected chi connectivity index (χ3v) is 5.91. The number of piperidine rings is 1. The summed E-state index contributed by atoms with van der Waals surface area (Å²) in [6, 6.07) is 4.96. The van der Waals surface area contributed by atoms with Crippen molar-refractivity contribution >= 4 is 5.97 Å². The summed E-state index contributed by atoms with van der Waals surface area (Å²) in [6.07, 6.45) is -1.77. The van der Waals surface area contributed by atoms with Crippen LogP contribution in [-0.4, -0.2) is 83.6 Å². The van der Waals surface area contributed by atoms with Gasteiger partial charge in [0.2, 0.25) is 6.29 Å². The first-order valence-electron chi connectivity index (χ1n) is 11.1. The van der Waals surface area contributed by atoms with Gasteiger partial charge in [-0.3, -0.25) is 0 Å². The van der Waals surface area contributed by atoms with Gasteiger partial charge in [0.05, 0.1) is 12.7 Å². The second kappa shape index (κ2) is 10.7. The number of ether oxygens (including phenoxy) is 3. The van der Waals surface area contributed by atoms with E-state index in [1.807, 2.05) is 0 Å². The minimum absolute atomic E-state index is 0.298. The summed E-state index contributed by atoms with van der Waals surface area (Å²) in [5.41, 5.74) is 1.19. The third-order valence-electron chi connectivity index (χ3n) is 5.91. The molecule has 8 heteroatoms. The van der Waals surface area contributed by atoms with Crippen molar-refractivity contribution in [2.24, 2.45) is 5.92 Å². The highest BCUT2D eigenvalue weighted by atomic mass is 16.7. The average Bonchev–Trinajstić information content (AvgIpc) is 2.76. The molecule has 0 bridgehead atoms. The van der Waals surface area contributed by atoms with Crippen molar-refractivity contribution in [3.8, 4) is 5.75 Å². The van der Waals surface area contributed by atoms with Crippen molar-refractivity contribution in [1.29, 1.82) is 0 Å². The van der Waals surface area contributed by atoms with Gasteiger partial charge in [-0.15, -0.1) is 0 Å². The summed E-state index contributed by atoms with van der Waals surface area (Å²) in [7, 11) is 1.33. The first-order valence-corrected chi connectivity index (χ1v) is 11.1. The van der Waals surface area contributed by atoms with Crippen LogP contribution in [0.3, 0.4) is 0 Å². The first kappa shape index (κ1) is 23.9. The first-order chi connectivity index (χ1) is 14.8. The Balaban J connectivity index is 1.78. The maximum atomic E-state index is 11.9. The Bertz CT molecular complexity index is 735. The number of esters is 1. The third kappa shape index (κ3) is 5.96. The van der Waals surface area contributed by atoms with Gasteiger partial charge >= 0.3 is 5.97 Å². The summed E-state index contributed by atoms with van der Waals surface area (Å²) in [5.74, 6) is 0.322. The molecule has 8 nitrogen and oxygen atoms in total. The van der Waals surface area contributed by atoms with Crippen molar-refractivity contribution in [3.63, 3.8) is 0 Å². The van der Waals surface area contributed by atoms with Crippen LogP contribution in [0.2, 0.25) is 0 Å². The smallest absolute Gasteiger partial charge is 0.337 e. The van der Waals surface area contributed by atoms with Crippen LogP contribution < -0.4 is 4.74 Å². The summed E-state index contributed by atoms with van der Waals surface area (Å²) in [6.45, 7) is 6.41. The van der Waals surface area contributed by atoms with E-state index in [0.717, 1.165) is 31.5 Å². The molecule has 3 rings (SSSR count). The maximum Gasteiger partial charge on any atom is 0.337 e. The second-order valence-corrected chi connectivity index (χ2v) is 8.91. The van der Waals surface area contributed by atoms with E-state index < -0.39 is 36.7 Å². The van der Waals surface area contributed by atoms with Crippen molar-refractivity contribution in [2.45, 2.75) is 70.2 Å². The molecule has 1 aromatic rings. The van der Waals surface area contributed by atoms with Gasteiger partial charge in [-0.05, 0) is 62.0 Å². The number of carbonyl (C=O) groups excluding carboxylic acids is 1. The van der Waals surface area contributed by atoms with E-state index in [2.05, 4.69) is 18.7 Å². The van der Waals surface area contributed by atoms with E-state index >= 15 is 0 Å². The zero-order valence-electron chi connectivity index (χ0n) is 18.6. The molecule has 5 atom stereocenters. The molecule has 0 aromatic heterocycles. The van der Waals surface area contributed by atoms with Gasteiger partial charge in [0.1, 0.15) is 30.2 Å². The number of hydrogen-bond acceptors (Lipinski definition) is 8. The van der Waals surface area contributed by atoms with Crippen LogP contribution in [-0.2, 0) is 15.9 Å². The molecule has 2 saturated heterocycles. The van der Waals surface area contributed by atoms with Gasteiger partial charge in [-0.25, -0.2) is 4.79 Å². The van der Waals surface area contributed by atoms with Gasteiger partial charge in [-0.2, -0.15) is 0 Å². The molecule has 0 aliphatic carbocycles. The molecule has 2 aliphatic rings. The van der Waals surface area contributed by atoms with Gasteiger partial charge < -0.3 is 34.4 Å². The van der Waals surface area contributed by atoms with Crippen LogP contribution in [0, 0.1) is 5.92 Å². The number of aliphatic hydroxyl groups is 3. The van der Waals surface area contributed by atoms with E-state index in [9.17, 15) is 20.1 Å². The number of likely N-dealkylation sites (tertiary alicyclic amines) is 1. The number of aliphatic hydroxyl groups excluding tert-OH is 3. The minimum Gasteiger partial charge on any atom is -0.465 e. The lowest BCUT2D eigenvalue weighted by atomic mass is 9.97. The summed E-state index contributed by atoms with van der Waals surface area (Å²) in [5, 5.41) is 31.4. The fourth-order valence-electron chi connectivity index (χ4n) is 4.22. The van der Waals surface area contributed by atoms with Crippen molar-refractivity contribution in [1.82, 2.24) is 4.90 Å². The van der Waals surface area contributed by atoms with Crippen LogP contribution in [0.25, 0.3) is 0 Å². The standard InChI is InChI=1S/C23H35NO7/c1-14(2)11-16-12-15(22(28)29-3)7-8-17(16)30-23-21(27)20(26)19(25)18(31-23)13-24-9-5-4-6-10-24/h7-8,12,14,18-21,23,25-27H,4-6,9-11,13H2,1-3H3/t18-,19-,20+,21+,23+/m1/s1. The molecule has 174 valence electrons. The lowest BCUT2D eigenvalue weighted by molar-refractivity contribution is -0.274. The van der Waals surface area contributed by atoms with Gasteiger partial charge in [-0.1, -0.05) is 20.3 Å². The van der Waals surface area contributed by atoms with Crippen molar-refractivity contribution in [3.05, 3.63) is 29.3 Å². The largest absolute Gasteiger partial charge is 0.465 e. The van der Waals surface area contributed by atoms with Gasteiger partial charge in [0.25, 0.3) is 0 Å². The zero-order valence-corrected chi connectivity index (χ0v) is 18.6. The number of carbonyl (C=O) groups is 1. The summed E-state index contributed by atoms with van der Waals surface area (Å²) in [4.78, 5) is 14.1. The summed E-state index contributed by atoms with van der Waals surface area (Å²) < 4.78 is 16.7. The van der Waals surface area contributed by atoms with Crippen LogP contribution in [0.1, 0.15) is 49.0 Å².